The third kappa shape index (κ3) is 4.46. The summed E-state index contributed by atoms with van der Waals surface area (Å²) in [6, 6.07) is 16.3. The first kappa shape index (κ1) is 20.3. The Morgan fingerprint density at radius 1 is 1.00 bits per heavy atom. The van der Waals surface area contributed by atoms with Gasteiger partial charge in [-0.05, 0) is 90.7 Å². The molecule has 4 nitrogen and oxygen atoms in total. The number of phenols is 1. The van der Waals surface area contributed by atoms with Gasteiger partial charge in [-0.1, -0.05) is 18.2 Å². The maximum atomic E-state index is 13.1. The minimum atomic E-state index is -0.551. The highest BCUT2D eigenvalue weighted by atomic mass is 19.1. The number of ether oxygens (including phenoxy) is 1. The second-order valence-electron chi connectivity index (χ2n) is 7.32. The molecule has 0 atom stereocenters. The van der Waals surface area contributed by atoms with Crippen LogP contribution in [0, 0.1) is 19.7 Å². The molecule has 1 aromatic heterocycles. The van der Waals surface area contributed by atoms with E-state index in [9.17, 15) is 14.3 Å². The lowest BCUT2D eigenvalue weighted by Crippen LogP contribution is -2.09. The lowest BCUT2D eigenvalue weighted by Gasteiger charge is -2.08. The maximum absolute atomic E-state index is 13.1. The fourth-order valence-electron chi connectivity index (χ4n) is 3.41. The number of halogens is 1. The molecule has 0 fully saturated rings. The van der Waals surface area contributed by atoms with E-state index in [4.69, 9.17) is 4.74 Å². The molecular weight excluding hydrogens is 393 g/mol. The SMILES string of the molecule is Cc1cc(/C=C/c2cc(C(=O)Oc3ccc(F)cc3)cc3ncccc23)cc(C)c1O. The van der Waals surface area contributed by atoms with E-state index in [0.717, 1.165) is 27.6 Å². The number of aromatic nitrogens is 1. The molecule has 1 N–H and O–H groups in total. The molecule has 0 saturated carbocycles. The number of phenolic OH excluding ortho intramolecular Hbond substituents is 1. The normalized spacial score (nSPS) is 11.2. The molecule has 3 aromatic carbocycles. The predicted octanol–water partition coefficient (Wildman–Crippen LogP) is 6.09. The molecule has 4 aromatic rings. The van der Waals surface area contributed by atoms with E-state index >= 15 is 0 Å². The largest absolute Gasteiger partial charge is 0.507 e. The van der Waals surface area contributed by atoms with Crippen LogP contribution < -0.4 is 4.74 Å². The van der Waals surface area contributed by atoms with Crippen molar-refractivity contribution in [3.8, 4) is 11.5 Å². The van der Waals surface area contributed by atoms with Crippen molar-refractivity contribution in [2.45, 2.75) is 13.8 Å². The Balaban J connectivity index is 1.71. The van der Waals surface area contributed by atoms with E-state index < -0.39 is 11.8 Å². The van der Waals surface area contributed by atoms with Gasteiger partial charge in [0.2, 0.25) is 0 Å². The van der Waals surface area contributed by atoms with Gasteiger partial charge in [-0.3, -0.25) is 4.98 Å². The number of aromatic hydroxyl groups is 1. The Hall–Kier alpha value is -3.99. The van der Waals surface area contributed by atoms with Crippen LogP contribution >= 0.6 is 0 Å². The summed E-state index contributed by atoms with van der Waals surface area (Å²) in [5.74, 6) is -0.399. The number of rotatable bonds is 4. The first-order valence-corrected chi connectivity index (χ1v) is 9.75. The molecule has 1 heterocycles. The van der Waals surface area contributed by atoms with Crippen LogP contribution in [0.25, 0.3) is 23.1 Å². The number of aryl methyl sites for hydroxylation is 2. The van der Waals surface area contributed by atoms with Gasteiger partial charge in [-0.25, -0.2) is 9.18 Å². The van der Waals surface area contributed by atoms with Crippen LogP contribution in [0.4, 0.5) is 4.39 Å². The van der Waals surface area contributed by atoms with Crippen molar-refractivity contribution in [2.24, 2.45) is 0 Å². The summed E-state index contributed by atoms with van der Waals surface area (Å²) in [5, 5.41) is 10.9. The number of carbonyl (C=O) groups is 1. The van der Waals surface area contributed by atoms with Gasteiger partial charge in [0.05, 0.1) is 11.1 Å². The molecular formula is C26H20FNO3. The molecule has 0 unspecified atom stereocenters. The molecule has 0 aliphatic carbocycles. The predicted molar refractivity (Wildman–Crippen MR) is 120 cm³/mol. The highest BCUT2D eigenvalue weighted by Crippen LogP contribution is 2.26. The zero-order valence-corrected chi connectivity index (χ0v) is 17.1. The summed E-state index contributed by atoms with van der Waals surface area (Å²) in [5.41, 5.74) is 4.33. The second-order valence-corrected chi connectivity index (χ2v) is 7.32. The summed E-state index contributed by atoms with van der Waals surface area (Å²) in [6.45, 7) is 3.70. The molecule has 31 heavy (non-hydrogen) atoms. The van der Waals surface area contributed by atoms with Crippen LogP contribution in [0.5, 0.6) is 11.5 Å². The number of hydrogen-bond donors (Lipinski definition) is 1. The van der Waals surface area contributed by atoms with E-state index in [0.29, 0.717) is 11.1 Å². The number of fused-ring (bicyclic) bond motifs is 1. The summed E-state index contributed by atoms with van der Waals surface area (Å²) in [7, 11) is 0. The van der Waals surface area contributed by atoms with Gasteiger partial charge in [-0.15, -0.1) is 0 Å². The molecule has 0 radical (unpaired) electrons. The zero-order chi connectivity index (χ0) is 22.0. The van der Waals surface area contributed by atoms with Crippen LogP contribution in [0.15, 0.2) is 66.9 Å². The smallest absolute Gasteiger partial charge is 0.343 e. The second kappa shape index (κ2) is 8.40. The van der Waals surface area contributed by atoms with Gasteiger partial charge in [0.15, 0.2) is 0 Å². The molecule has 5 heteroatoms. The Morgan fingerprint density at radius 3 is 2.42 bits per heavy atom. The van der Waals surface area contributed by atoms with Crippen LogP contribution in [0.1, 0.15) is 32.6 Å². The van der Waals surface area contributed by atoms with E-state index in [1.54, 1.807) is 18.3 Å². The highest BCUT2D eigenvalue weighted by Gasteiger charge is 2.13. The lowest BCUT2D eigenvalue weighted by molar-refractivity contribution is 0.0734. The lowest BCUT2D eigenvalue weighted by atomic mass is 10.0. The fraction of sp³-hybridized carbons (Fsp3) is 0.0769. The molecule has 0 bridgehead atoms. The van der Waals surface area contributed by atoms with Crippen molar-refractivity contribution >= 4 is 29.0 Å². The highest BCUT2D eigenvalue weighted by molar-refractivity contribution is 5.99. The summed E-state index contributed by atoms with van der Waals surface area (Å²) >= 11 is 0. The molecule has 0 amide bonds. The Kier molecular flexibility index (Phi) is 5.50. The van der Waals surface area contributed by atoms with Gasteiger partial charge in [0, 0.05) is 11.6 Å². The first-order valence-electron chi connectivity index (χ1n) is 9.75. The average molecular weight is 413 g/mol. The molecule has 154 valence electrons. The van der Waals surface area contributed by atoms with E-state index in [1.807, 2.05) is 50.3 Å². The number of pyridine rings is 1. The minimum Gasteiger partial charge on any atom is -0.507 e. The monoisotopic (exact) mass is 413 g/mol. The zero-order valence-electron chi connectivity index (χ0n) is 17.1. The van der Waals surface area contributed by atoms with Crippen molar-refractivity contribution in [2.75, 3.05) is 0 Å². The quantitative estimate of drug-likeness (QED) is 0.250. The molecule has 0 spiro atoms. The van der Waals surface area contributed by atoms with Crippen molar-refractivity contribution in [1.82, 2.24) is 4.98 Å². The Morgan fingerprint density at radius 2 is 1.71 bits per heavy atom. The average Bonchev–Trinajstić information content (AvgIpc) is 2.77. The van der Waals surface area contributed by atoms with Crippen LogP contribution in [-0.2, 0) is 0 Å². The molecule has 0 aliphatic heterocycles. The third-order valence-electron chi connectivity index (χ3n) is 4.98. The van der Waals surface area contributed by atoms with Crippen LogP contribution in [0.2, 0.25) is 0 Å². The van der Waals surface area contributed by atoms with Crippen molar-refractivity contribution in [3.05, 3.63) is 100 Å². The van der Waals surface area contributed by atoms with Gasteiger partial charge in [-0.2, -0.15) is 0 Å². The van der Waals surface area contributed by atoms with E-state index in [2.05, 4.69) is 4.98 Å². The van der Waals surface area contributed by atoms with E-state index in [1.165, 1.54) is 24.3 Å². The Bertz CT molecular complexity index is 1290. The number of esters is 1. The van der Waals surface area contributed by atoms with Gasteiger partial charge >= 0.3 is 5.97 Å². The number of hydrogen-bond acceptors (Lipinski definition) is 4. The topological polar surface area (TPSA) is 59.4 Å². The fourth-order valence-corrected chi connectivity index (χ4v) is 3.41. The summed E-state index contributed by atoms with van der Waals surface area (Å²) < 4.78 is 18.5. The van der Waals surface area contributed by atoms with Gasteiger partial charge in [0.1, 0.15) is 17.3 Å². The van der Waals surface area contributed by atoms with E-state index in [-0.39, 0.29) is 11.5 Å². The van der Waals surface area contributed by atoms with Gasteiger partial charge < -0.3 is 9.84 Å². The number of nitrogens with zero attached hydrogens (tertiary/aromatic N) is 1. The summed E-state index contributed by atoms with van der Waals surface area (Å²) in [4.78, 5) is 17.1. The summed E-state index contributed by atoms with van der Waals surface area (Å²) in [6.07, 6.45) is 5.50. The molecule has 4 rings (SSSR count). The number of benzene rings is 3. The molecule has 0 saturated heterocycles. The van der Waals surface area contributed by atoms with Gasteiger partial charge in [0.25, 0.3) is 0 Å². The van der Waals surface area contributed by atoms with Crippen LogP contribution in [0.3, 0.4) is 0 Å². The number of carbonyl (C=O) groups excluding carboxylic acids is 1. The first-order chi connectivity index (χ1) is 14.9. The maximum Gasteiger partial charge on any atom is 0.343 e. The van der Waals surface area contributed by atoms with Crippen LogP contribution in [-0.4, -0.2) is 16.1 Å². The molecule has 0 aliphatic rings. The standard InChI is InChI=1S/C26H20FNO3/c1-16-12-18(13-17(2)25(16)29)5-6-19-14-20(15-24-23(19)4-3-11-28-24)26(30)31-22-9-7-21(27)8-10-22/h3-15,29H,1-2H3/b6-5+. The third-order valence-corrected chi connectivity index (χ3v) is 4.98. The van der Waals surface area contributed by atoms with Crippen molar-refractivity contribution in [3.63, 3.8) is 0 Å². The van der Waals surface area contributed by atoms with Crippen molar-refractivity contribution in [1.29, 1.82) is 0 Å². The van der Waals surface area contributed by atoms with Crippen molar-refractivity contribution < 1.29 is 19.0 Å². The minimum absolute atomic E-state index is 0.264. The Labute approximate surface area is 179 Å².